The molecule has 3 aromatic carbocycles. The second kappa shape index (κ2) is 8.21. The Balaban J connectivity index is 2.33. The van der Waals surface area contributed by atoms with E-state index in [0.717, 1.165) is 24.0 Å². The summed E-state index contributed by atoms with van der Waals surface area (Å²) in [6.07, 6.45) is 0.992. The van der Waals surface area contributed by atoms with Crippen LogP contribution in [0.5, 0.6) is 11.5 Å². The maximum atomic E-state index is 14.3. The molecule has 152 valence electrons. The van der Waals surface area contributed by atoms with Crippen LogP contribution in [0.25, 0.3) is 11.1 Å². The molecule has 0 saturated heterocycles. The quantitative estimate of drug-likeness (QED) is 0.585. The predicted molar refractivity (Wildman–Crippen MR) is 107 cm³/mol. The lowest BCUT2D eigenvalue weighted by molar-refractivity contribution is 0.347. The summed E-state index contributed by atoms with van der Waals surface area (Å²) in [5.41, 5.74) is 1.88. The van der Waals surface area contributed by atoms with E-state index >= 15 is 0 Å². The molecule has 0 aliphatic carbocycles. The highest BCUT2D eigenvalue weighted by Gasteiger charge is 2.27. The molecule has 7 heteroatoms. The fourth-order valence-corrected chi connectivity index (χ4v) is 4.42. The van der Waals surface area contributed by atoms with Crippen LogP contribution in [0.2, 0.25) is 0 Å². The Morgan fingerprint density at radius 3 is 2.07 bits per heavy atom. The van der Waals surface area contributed by atoms with Crippen LogP contribution in [0, 0.1) is 11.6 Å². The summed E-state index contributed by atoms with van der Waals surface area (Å²) in [4.78, 5) is -0.0831. The van der Waals surface area contributed by atoms with Gasteiger partial charge in [0.2, 0.25) is 0 Å². The molecule has 0 aromatic heterocycles. The minimum Gasteiger partial charge on any atom is -0.492 e. The summed E-state index contributed by atoms with van der Waals surface area (Å²) in [5, 5.41) is 0. The van der Waals surface area contributed by atoms with Gasteiger partial charge >= 0.3 is 0 Å². The second-order valence-corrected chi connectivity index (χ2v) is 8.48. The number of benzene rings is 3. The van der Waals surface area contributed by atoms with Crippen molar-refractivity contribution in [2.75, 3.05) is 20.5 Å². The molecule has 0 unspecified atom stereocenters. The van der Waals surface area contributed by atoms with Crippen LogP contribution >= 0.6 is 0 Å². The van der Waals surface area contributed by atoms with Crippen molar-refractivity contribution in [2.24, 2.45) is 0 Å². The second-order valence-electron chi connectivity index (χ2n) is 6.53. The molecule has 3 rings (SSSR count). The lowest BCUT2D eigenvalue weighted by Crippen LogP contribution is -2.09. The van der Waals surface area contributed by atoms with Crippen LogP contribution in [-0.4, -0.2) is 28.9 Å². The number of rotatable bonds is 6. The lowest BCUT2D eigenvalue weighted by Gasteiger charge is -2.20. The van der Waals surface area contributed by atoms with Gasteiger partial charge in [-0.3, -0.25) is 0 Å². The smallest absolute Gasteiger partial charge is 0.180 e. The third-order valence-corrected chi connectivity index (χ3v) is 5.72. The van der Waals surface area contributed by atoms with Crippen molar-refractivity contribution in [2.45, 2.75) is 11.3 Å². The minimum atomic E-state index is -3.75. The van der Waals surface area contributed by atoms with Crippen molar-refractivity contribution in [3.8, 4) is 22.6 Å². The molecular weight excluding hydrogens is 398 g/mol. The number of ether oxygens (including phenoxy) is 2. The Kier molecular flexibility index (Phi) is 5.88. The highest BCUT2D eigenvalue weighted by Crippen LogP contribution is 2.45. The van der Waals surface area contributed by atoms with Gasteiger partial charge in [-0.05, 0) is 28.8 Å². The molecule has 0 spiro atoms. The Labute approximate surface area is 168 Å². The fraction of sp³-hybridized carbons (Fsp3) is 0.182. The first kappa shape index (κ1) is 20.8. The van der Waals surface area contributed by atoms with Crippen LogP contribution in [0.3, 0.4) is 0 Å². The van der Waals surface area contributed by atoms with Crippen LogP contribution in [-0.2, 0) is 16.3 Å². The van der Waals surface area contributed by atoms with Gasteiger partial charge in [0.25, 0.3) is 0 Å². The van der Waals surface area contributed by atoms with Crippen LogP contribution in [0.1, 0.15) is 11.1 Å². The van der Waals surface area contributed by atoms with Crippen LogP contribution in [0.4, 0.5) is 8.78 Å². The van der Waals surface area contributed by atoms with Gasteiger partial charge in [-0.15, -0.1) is 0 Å². The van der Waals surface area contributed by atoms with Crippen molar-refractivity contribution >= 4 is 9.84 Å². The molecule has 29 heavy (non-hydrogen) atoms. The van der Waals surface area contributed by atoms with Crippen molar-refractivity contribution in [1.82, 2.24) is 0 Å². The molecule has 0 N–H and O–H groups in total. The first-order chi connectivity index (χ1) is 13.8. The van der Waals surface area contributed by atoms with Gasteiger partial charge < -0.3 is 9.47 Å². The zero-order chi connectivity index (χ0) is 21.2. The van der Waals surface area contributed by atoms with Gasteiger partial charge in [0.1, 0.15) is 16.5 Å². The zero-order valence-electron chi connectivity index (χ0n) is 16.2. The highest BCUT2D eigenvalue weighted by atomic mass is 32.2. The van der Waals surface area contributed by atoms with E-state index in [9.17, 15) is 17.2 Å². The molecule has 0 aliphatic heterocycles. The van der Waals surface area contributed by atoms with Crippen molar-refractivity contribution in [1.29, 1.82) is 0 Å². The first-order valence-corrected chi connectivity index (χ1v) is 10.6. The summed E-state index contributed by atoms with van der Waals surface area (Å²) in [6, 6.07) is 14.1. The van der Waals surface area contributed by atoms with Crippen molar-refractivity contribution in [3.63, 3.8) is 0 Å². The Hall–Kier alpha value is -2.93. The Morgan fingerprint density at radius 2 is 1.52 bits per heavy atom. The minimum absolute atomic E-state index is 0.0499. The van der Waals surface area contributed by atoms with Gasteiger partial charge in [0.05, 0.1) is 14.2 Å². The summed E-state index contributed by atoms with van der Waals surface area (Å²) < 4.78 is 63.6. The first-order valence-electron chi connectivity index (χ1n) is 8.73. The van der Waals surface area contributed by atoms with E-state index in [2.05, 4.69) is 0 Å². The summed E-state index contributed by atoms with van der Waals surface area (Å²) >= 11 is 0. The molecule has 4 nitrogen and oxygen atoms in total. The van der Waals surface area contributed by atoms with E-state index in [-0.39, 0.29) is 28.4 Å². The molecule has 0 aliphatic rings. The maximum Gasteiger partial charge on any atom is 0.180 e. The van der Waals surface area contributed by atoms with Crippen molar-refractivity contribution < 1.29 is 26.7 Å². The molecule has 0 heterocycles. The van der Waals surface area contributed by atoms with E-state index in [1.165, 1.54) is 20.3 Å². The summed E-state index contributed by atoms with van der Waals surface area (Å²) in [5.74, 6) is -1.14. The zero-order valence-corrected chi connectivity index (χ0v) is 17.0. The number of methoxy groups -OCH3 is 2. The lowest BCUT2D eigenvalue weighted by atomic mass is 9.97. The van der Waals surface area contributed by atoms with Crippen LogP contribution < -0.4 is 9.47 Å². The highest BCUT2D eigenvalue weighted by molar-refractivity contribution is 7.90. The van der Waals surface area contributed by atoms with E-state index < -0.39 is 21.5 Å². The third kappa shape index (κ3) is 4.24. The summed E-state index contributed by atoms with van der Waals surface area (Å²) in [6.45, 7) is 0. The Bertz CT molecular complexity index is 1140. The van der Waals surface area contributed by atoms with Gasteiger partial charge in [-0.2, -0.15) is 0 Å². The van der Waals surface area contributed by atoms with Gasteiger partial charge in [0.15, 0.2) is 21.3 Å². The largest absolute Gasteiger partial charge is 0.492 e. The van der Waals surface area contributed by atoms with Gasteiger partial charge in [-0.25, -0.2) is 17.2 Å². The predicted octanol–water partition coefficient (Wildman–Crippen LogP) is 4.64. The number of hydrogen-bond donors (Lipinski definition) is 0. The van der Waals surface area contributed by atoms with E-state index in [1.807, 2.05) is 30.3 Å². The topological polar surface area (TPSA) is 52.6 Å². The number of sulfone groups is 1. The SMILES string of the molecule is COc1c(-c2ccccc2)cc(Cc2ccc(F)cc2F)c(S(C)(=O)=O)c1OC. The molecular formula is C22H20F2O4S. The van der Waals surface area contributed by atoms with Crippen LogP contribution in [0.15, 0.2) is 59.5 Å². The van der Waals surface area contributed by atoms with Crippen molar-refractivity contribution in [3.05, 3.63) is 77.4 Å². The fourth-order valence-electron chi connectivity index (χ4n) is 3.30. The van der Waals surface area contributed by atoms with E-state index in [0.29, 0.717) is 11.1 Å². The molecule has 0 fully saturated rings. The maximum absolute atomic E-state index is 14.3. The molecule has 3 aromatic rings. The van der Waals surface area contributed by atoms with E-state index in [1.54, 1.807) is 6.07 Å². The van der Waals surface area contributed by atoms with Gasteiger partial charge in [-0.1, -0.05) is 36.4 Å². The molecule has 0 radical (unpaired) electrons. The molecule has 0 saturated carbocycles. The Morgan fingerprint density at radius 1 is 0.862 bits per heavy atom. The molecule has 0 amide bonds. The number of halogens is 2. The number of hydrogen-bond acceptors (Lipinski definition) is 4. The molecule has 0 atom stereocenters. The normalized spacial score (nSPS) is 11.3. The average Bonchev–Trinajstić information content (AvgIpc) is 2.68. The monoisotopic (exact) mass is 418 g/mol. The summed E-state index contributed by atoms with van der Waals surface area (Å²) in [7, 11) is -0.973. The third-order valence-electron chi connectivity index (χ3n) is 4.53. The average molecular weight is 418 g/mol. The standard InChI is InChI=1S/C22H20F2O4S/c1-27-20-18(14-7-5-4-6-8-14)12-16(22(21(20)28-2)29(3,25)26)11-15-9-10-17(23)13-19(15)24/h4-10,12-13H,11H2,1-3H3. The van der Waals surface area contributed by atoms with Gasteiger partial charge in [0, 0.05) is 24.3 Å². The molecule has 0 bridgehead atoms. The van der Waals surface area contributed by atoms with E-state index in [4.69, 9.17) is 9.47 Å².